The van der Waals surface area contributed by atoms with Gasteiger partial charge in [-0.25, -0.2) is 4.79 Å². The fraction of sp³-hybridized carbons (Fsp3) is 0.138. The van der Waals surface area contributed by atoms with E-state index in [0.29, 0.717) is 28.3 Å². The monoisotopic (exact) mass is 648 g/mol. The number of carbonyl (C=O) groups is 3. The normalized spacial score (nSPS) is 11.0. The fourth-order valence-electron chi connectivity index (χ4n) is 3.25. The molecule has 238 valence electrons. The van der Waals surface area contributed by atoms with E-state index in [4.69, 9.17) is 42.1 Å². The number of nitrogens with two attached hydrogens (primary N) is 1. The van der Waals surface area contributed by atoms with Crippen LogP contribution in [0.4, 0.5) is 18.9 Å². The summed E-state index contributed by atoms with van der Waals surface area (Å²) in [7, 11) is 0. The van der Waals surface area contributed by atoms with Gasteiger partial charge < -0.3 is 25.6 Å². The number of carboxylic acids is 1. The Morgan fingerprint density at radius 1 is 1.02 bits per heavy atom. The number of benzene rings is 2. The van der Waals surface area contributed by atoms with Crippen LogP contribution >= 0.6 is 11.6 Å². The Hall–Kier alpha value is -5.57. The van der Waals surface area contributed by atoms with Crippen LogP contribution < -0.4 is 31.4 Å². The molecule has 16 heteroatoms. The zero-order valence-electron chi connectivity index (χ0n) is 23.4. The fourth-order valence-corrected chi connectivity index (χ4v) is 3.44. The van der Waals surface area contributed by atoms with Crippen LogP contribution in [0.25, 0.3) is 0 Å². The highest BCUT2D eigenvalue weighted by Crippen LogP contribution is 2.32. The van der Waals surface area contributed by atoms with Crippen LogP contribution in [-0.4, -0.2) is 53.1 Å². The van der Waals surface area contributed by atoms with Crippen molar-refractivity contribution in [2.45, 2.75) is 12.2 Å². The van der Waals surface area contributed by atoms with Gasteiger partial charge in [-0.2, -0.15) is 13.2 Å². The molecule has 1 aromatic heterocycles. The summed E-state index contributed by atoms with van der Waals surface area (Å²) >= 11 is 6.06. The van der Waals surface area contributed by atoms with Crippen molar-refractivity contribution in [1.29, 1.82) is 5.41 Å². The van der Waals surface area contributed by atoms with Gasteiger partial charge in [0.2, 0.25) is 0 Å². The smallest absolute Gasteiger partial charge is 0.486 e. The predicted molar refractivity (Wildman–Crippen MR) is 160 cm³/mol. The Morgan fingerprint density at radius 2 is 1.62 bits per heavy atom. The molecule has 3 rings (SSSR count). The second-order valence-corrected chi connectivity index (χ2v) is 8.98. The lowest BCUT2D eigenvalue weighted by molar-refractivity contribution is -0.192. The van der Waals surface area contributed by atoms with E-state index in [1.807, 2.05) is 0 Å². The number of rotatable bonds is 12. The standard InChI is InChI=1S/C27H27ClN6O4.C2HF3O2/c1-3-13-37-22-10-7-18(15-23(22)38-14-4-2)24(32-19-8-5-17(6-9-19)25(29)30)27(36)34-33-26(35)20-16-31-12-11-21(20)28;3-2(4,5)1(6)7/h3-12,15-16,24,32H,1-2,13-14H2,(H3,29,30)(H,33,35)(H,34,36);(H,6,7). The third-order valence-electron chi connectivity index (χ3n) is 5.34. The number of nitrogens with zero attached hydrogens (tertiary/aromatic N) is 1. The van der Waals surface area contributed by atoms with Gasteiger partial charge >= 0.3 is 12.1 Å². The molecule has 2 aromatic carbocycles. The van der Waals surface area contributed by atoms with E-state index in [-0.39, 0.29) is 29.6 Å². The van der Waals surface area contributed by atoms with Crippen molar-refractivity contribution in [2.24, 2.45) is 5.73 Å². The zero-order valence-corrected chi connectivity index (χ0v) is 24.1. The van der Waals surface area contributed by atoms with Crippen LogP contribution in [0.5, 0.6) is 11.5 Å². The highest BCUT2D eigenvalue weighted by atomic mass is 35.5. The third-order valence-corrected chi connectivity index (χ3v) is 5.67. The molecule has 0 aliphatic carbocycles. The lowest BCUT2D eigenvalue weighted by Crippen LogP contribution is -2.45. The predicted octanol–water partition coefficient (Wildman–Crippen LogP) is 4.40. The van der Waals surface area contributed by atoms with Gasteiger partial charge in [0.05, 0.1) is 10.6 Å². The average molecular weight is 649 g/mol. The molecule has 7 N–H and O–H groups in total. The summed E-state index contributed by atoms with van der Waals surface area (Å²) in [4.78, 5) is 38.7. The summed E-state index contributed by atoms with van der Waals surface area (Å²) in [6.07, 6.45) is 0.845. The maximum atomic E-state index is 13.3. The minimum absolute atomic E-state index is 0.0817. The van der Waals surface area contributed by atoms with Crippen molar-refractivity contribution in [2.75, 3.05) is 18.5 Å². The number of anilines is 1. The van der Waals surface area contributed by atoms with Gasteiger partial charge in [0.25, 0.3) is 11.8 Å². The molecule has 0 bridgehead atoms. The summed E-state index contributed by atoms with van der Waals surface area (Å²) in [6.45, 7) is 7.79. The van der Waals surface area contributed by atoms with E-state index >= 15 is 0 Å². The Kier molecular flexibility index (Phi) is 13.4. The number of carboxylic acid groups (broad SMARTS) is 1. The maximum absolute atomic E-state index is 13.3. The summed E-state index contributed by atoms with van der Waals surface area (Å²) in [6, 6.07) is 12.2. The molecule has 12 nitrogen and oxygen atoms in total. The second-order valence-electron chi connectivity index (χ2n) is 8.58. The first-order chi connectivity index (χ1) is 21.3. The van der Waals surface area contributed by atoms with Crippen LogP contribution in [0.1, 0.15) is 27.5 Å². The van der Waals surface area contributed by atoms with E-state index in [9.17, 15) is 22.8 Å². The van der Waals surface area contributed by atoms with Crippen molar-refractivity contribution in [1.82, 2.24) is 15.8 Å². The highest BCUT2D eigenvalue weighted by Gasteiger charge is 2.38. The van der Waals surface area contributed by atoms with Gasteiger partial charge in [-0.3, -0.25) is 30.8 Å². The Labute approximate surface area is 260 Å². The van der Waals surface area contributed by atoms with Crippen LogP contribution in [0, 0.1) is 5.41 Å². The zero-order chi connectivity index (χ0) is 33.6. The third kappa shape index (κ3) is 11.2. The Balaban J connectivity index is 0.000000900. The molecule has 0 aliphatic heterocycles. The van der Waals surface area contributed by atoms with Crippen LogP contribution in [-0.2, 0) is 9.59 Å². The first-order valence-corrected chi connectivity index (χ1v) is 13.0. The largest absolute Gasteiger partial charge is 0.490 e. The lowest BCUT2D eigenvalue weighted by atomic mass is 10.0. The molecule has 1 unspecified atom stereocenters. The number of hydrogen-bond donors (Lipinski definition) is 6. The molecule has 0 spiro atoms. The quantitative estimate of drug-likeness (QED) is 0.0716. The van der Waals surface area contributed by atoms with E-state index in [1.54, 1.807) is 54.6 Å². The lowest BCUT2D eigenvalue weighted by Gasteiger charge is -2.22. The number of hydrogen-bond acceptors (Lipinski definition) is 8. The number of amidine groups is 1. The summed E-state index contributed by atoms with van der Waals surface area (Å²) < 4.78 is 43.2. The Morgan fingerprint density at radius 3 is 2.16 bits per heavy atom. The number of amides is 2. The number of carbonyl (C=O) groups excluding carboxylic acids is 2. The molecule has 1 atom stereocenters. The first-order valence-electron chi connectivity index (χ1n) is 12.6. The number of aliphatic carboxylic acids is 1. The molecule has 3 aromatic rings. The number of nitrogen functional groups attached to an aromatic ring is 1. The van der Waals surface area contributed by atoms with Crippen molar-refractivity contribution < 1.29 is 42.1 Å². The van der Waals surface area contributed by atoms with E-state index < -0.39 is 30.0 Å². The maximum Gasteiger partial charge on any atom is 0.490 e. The SMILES string of the molecule is C=CCOc1ccc(C(Nc2ccc(C(=N)N)cc2)C(=O)NNC(=O)c2cnccc2Cl)cc1OCC=C.O=C(O)C(F)(F)F. The molecule has 0 radical (unpaired) electrons. The van der Waals surface area contributed by atoms with Gasteiger partial charge in [0.1, 0.15) is 25.1 Å². The molecule has 0 aliphatic rings. The minimum atomic E-state index is -5.08. The number of hydrazine groups is 1. The van der Waals surface area contributed by atoms with Crippen molar-refractivity contribution in [3.05, 3.63) is 108 Å². The number of aromatic nitrogens is 1. The summed E-state index contributed by atoms with van der Waals surface area (Å²) in [5.41, 5.74) is 12.0. The van der Waals surface area contributed by atoms with Gasteiger partial charge in [0.15, 0.2) is 11.5 Å². The highest BCUT2D eigenvalue weighted by molar-refractivity contribution is 6.33. The molecular weight excluding hydrogens is 621 g/mol. The molecule has 1 heterocycles. The van der Waals surface area contributed by atoms with E-state index in [0.717, 1.165) is 0 Å². The number of halogens is 4. The average Bonchev–Trinajstić information content (AvgIpc) is 3.00. The van der Waals surface area contributed by atoms with Gasteiger partial charge in [-0.1, -0.05) is 43.0 Å². The van der Waals surface area contributed by atoms with Crippen molar-refractivity contribution in [3.8, 4) is 11.5 Å². The number of alkyl halides is 3. The Bertz CT molecular complexity index is 1540. The number of pyridine rings is 1. The second kappa shape index (κ2) is 16.9. The van der Waals surface area contributed by atoms with Crippen LogP contribution in [0.15, 0.2) is 86.2 Å². The topological polar surface area (TPSA) is 189 Å². The molecule has 2 amide bonds. The molecular formula is C29H28ClF3N6O6. The molecule has 0 saturated carbocycles. The minimum Gasteiger partial charge on any atom is -0.486 e. The van der Waals surface area contributed by atoms with Crippen LogP contribution in [0.2, 0.25) is 5.02 Å². The first kappa shape index (κ1) is 35.6. The van der Waals surface area contributed by atoms with Crippen molar-refractivity contribution >= 4 is 40.9 Å². The molecule has 0 fully saturated rings. The van der Waals surface area contributed by atoms with Gasteiger partial charge in [-0.05, 0) is 48.0 Å². The summed E-state index contributed by atoms with van der Waals surface area (Å²) in [5.74, 6) is -3.20. The van der Waals surface area contributed by atoms with Gasteiger partial charge in [-0.15, -0.1) is 0 Å². The van der Waals surface area contributed by atoms with Crippen molar-refractivity contribution in [3.63, 3.8) is 0 Å². The summed E-state index contributed by atoms with van der Waals surface area (Å²) in [5, 5.41) is 18.0. The van der Waals surface area contributed by atoms with Gasteiger partial charge in [0, 0.05) is 23.6 Å². The van der Waals surface area contributed by atoms with E-state index in [2.05, 4.69) is 34.3 Å². The van der Waals surface area contributed by atoms with Crippen LogP contribution in [0.3, 0.4) is 0 Å². The van der Waals surface area contributed by atoms with E-state index in [1.165, 1.54) is 18.5 Å². The molecule has 0 saturated heterocycles. The molecule has 45 heavy (non-hydrogen) atoms. The number of nitrogens with one attached hydrogen (secondary N) is 4. The number of ether oxygens (including phenoxy) is 2.